The van der Waals surface area contributed by atoms with Crippen LogP contribution in [0.25, 0.3) is 0 Å². The number of rotatable bonds is 3. The van der Waals surface area contributed by atoms with Crippen LogP contribution in [0.5, 0.6) is 5.75 Å². The first-order valence-corrected chi connectivity index (χ1v) is 5.16. The zero-order valence-corrected chi connectivity index (χ0v) is 9.65. The molecule has 2 N–H and O–H groups in total. The summed E-state index contributed by atoms with van der Waals surface area (Å²) < 4.78 is 5.19. The topological polar surface area (TPSA) is 67.0 Å². The lowest BCUT2D eigenvalue weighted by atomic mass is 10.3. The van der Waals surface area contributed by atoms with Crippen LogP contribution >= 0.6 is 0 Å². The summed E-state index contributed by atoms with van der Waals surface area (Å²) in [5.41, 5.74) is 1.18. The smallest absolute Gasteiger partial charge is 0.255 e. The molecule has 0 spiro atoms. The fourth-order valence-electron chi connectivity index (χ4n) is 1.40. The Bertz CT molecular complexity index is 578. The molecule has 0 aliphatic heterocycles. The number of hydrogen-bond acceptors (Lipinski definition) is 4. The minimum absolute atomic E-state index is 0.155. The third kappa shape index (κ3) is 2.44. The number of benzene rings is 1. The first-order chi connectivity index (χ1) is 8.20. The number of aromatic amines is 1. The van der Waals surface area contributed by atoms with Crippen LogP contribution in [0.4, 0.5) is 11.6 Å². The molecule has 5 heteroatoms. The minimum atomic E-state index is -0.155. The van der Waals surface area contributed by atoms with Crippen LogP contribution < -0.4 is 15.6 Å². The lowest BCUT2D eigenvalue weighted by molar-refractivity contribution is 0.417. The summed E-state index contributed by atoms with van der Waals surface area (Å²) in [6.07, 6.45) is 1.52. The van der Waals surface area contributed by atoms with Gasteiger partial charge in [-0.2, -0.15) is 0 Å². The Hall–Kier alpha value is -2.30. The van der Waals surface area contributed by atoms with E-state index in [9.17, 15) is 4.79 Å². The van der Waals surface area contributed by atoms with Crippen LogP contribution in [-0.4, -0.2) is 17.1 Å². The molecule has 0 radical (unpaired) electrons. The van der Waals surface area contributed by atoms with Gasteiger partial charge >= 0.3 is 0 Å². The zero-order valence-electron chi connectivity index (χ0n) is 9.65. The molecule has 1 heterocycles. The third-order valence-electron chi connectivity index (χ3n) is 2.34. The molecule has 2 aromatic rings. The molecule has 0 amide bonds. The third-order valence-corrected chi connectivity index (χ3v) is 2.34. The van der Waals surface area contributed by atoms with Gasteiger partial charge in [0.25, 0.3) is 5.56 Å². The Morgan fingerprint density at radius 3 is 2.82 bits per heavy atom. The second-order valence-electron chi connectivity index (χ2n) is 3.57. The number of nitrogens with zero attached hydrogens (tertiary/aromatic N) is 1. The largest absolute Gasteiger partial charge is 0.495 e. The average Bonchev–Trinajstić information content (AvgIpc) is 2.34. The van der Waals surface area contributed by atoms with Gasteiger partial charge in [-0.15, -0.1) is 0 Å². The van der Waals surface area contributed by atoms with E-state index < -0.39 is 0 Å². The number of H-pyrrole nitrogens is 1. The summed E-state index contributed by atoms with van der Waals surface area (Å²) in [6, 6.07) is 7.42. The quantitative estimate of drug-likeness (QED) is 0.845. The van der Waals surface area contributed by atoms with Gasteiger partial charge in [-0.25, -0.2) is 4.98 Å². The molecule has 0 aliphatic carbocycles. The standard InChI is InChI=1S/C12H13N3O2/c1-8-7-13-12(15-11(8)16)14-9-5-3-4-6-10(9)17-2/h3-7H,1-2H3,(H2,13,14,15,16). The molecule has 0 saturated carbocycles. The lowest BCUT2D eigenvalue weighted by Gasteiger charge is -2.09. The maximum absolute atomic E-state index is 11.4. The molecule has 5 nitrogen and oxygen atoms in total. The van der Waals surface area contributed by atoms with E-state index in [1.165, 1.54) is 6.20 Å². The number of methoxy groups -OCH3 is 1. The Morgan fingerprint density at radius 2 is 2.12 bits per heavy atom. The van der Waals surface area contributed by atoms with Crippen molar-refractivity contribution in [3.8, 4) is 5.75 Å². The van der Waals surface area contributed by atoms with Crippen molar-refractivity contribution >= 4 is 11.6 Å². The molecule has 0 saturated heterocycles. The number of nitrogens with one attached hydrogen (secondary N) is 2. The van der Waals surface area contributed by atoms with Crippen molar-refractivity contribution in [3.05, 3.63) is 46.4 Å². The van der Waals surface area contributed by atoms with Crippen molar-refractivity contribution in [1.29, 1.82) is 0 Å². The number of ether oxygens (including phenoxy) is 1. The predicted molar refractivity (Wildman–Crippen MR) is 65.9 cm³/mol. The molecule has 2 rings (SSSR count). The fraction of sp³-hybridized carbons (Fsp3) is 0.167. The SMILES string of the molecule is COc1ccccc1Nc1ncc(C)c(=O)[nH]1. The Balaban J connectivity index is 2.31. The van der Waals surface area contributed by atoms with E-state index in [4.69, 9.17) is 4.74 Å². The highest BCUT2D eigenvalue weighted by atomic mass is 16.5. The summed E-state index contributed by atoms with van der Waals surface area (Å²) in [5, 5.41) is 3.00. The Kier molecular flexibility index (Phi) is 3.09. The van der Waals surface area contributed by atoms with Crippen LogP contribution in [0.15, 0.2) is 35.3 Å². The molecule has 0 fully saturated rings. The van der Waals surface area contributed by atoms with E-state index in [-0.39, 0.29) is 5.56 Å². The summed E-state index contributed by atoms with van der Waals surface area (Å²) in [7, 11) is 1.59. The van der Waals surface area contributed by atoms with Crippen LogP contribution in [0, 0.1) is 6.92 Å². The molecular weight excluding hydrogens is 218 g/mol. The van der Waals surface area contributed by atoms with Gasteiger partial charge < -0.3 is 10.1 Å². The number of aryl methyl sites for hydroxylation is 1. The van der Waals surface area contributed by atoms with E-state index in [1.54, 1.807) is 14.0 Å². The van der Waals surface area contributed by atoms with Crippen molar-refractivity contribution in [2.45, 2.75) is 6.92 Å². The second kappa shape index (κ2) is 4.69. The lowest BCUT2D eigenvalue weighted by Crippen LogP contribution is -2.12. The van der Waals surface area contributed by atoms with Crippen LogP contribution in [0.3, 0.4) is 0 Å². The van der Waals surface area contributed by atoms with Crippen LogP contribution in [0.2, 0.25) is 0 Å². The van der Waals surface area contributed by atoms with Gasteiger partial charge in [-0.1, -0.05) is 12.1 Å². The first-order valence-electron chi connectivity index (χ1n) is 5.16. The van der Waals surface area contributed by atoms with Crippen molar-refractivity contribution in [2.24, 2.45) is 0 Å². The van der Waals surface area contributed by atoms with E-state index in [0.29, 0.717) is 17.3 Å². The van der Waals surface area contributed by atoms with Crippen molar-refractivity contribution in [1.82, 2.24) is 9.97 Å². The number of hydrogen-bond donors (Lipinski definition) is 2. The predicted octanol–water partition coefficient (Wildman–Crippen LogP) is 1.83. The highest BCUT2D eigenvalue weighted by Crippen LogP contribution is 2.24. The zero-order chi connectivity index (χ0) is 12.3. The van der Waals surface area contributed by atoms with Gasteiger partial charge in [0, 0.05) is 11.8 Å². The second-order valence-corrected chi connectivity index (χ2v) is 3.57. The highest BCUT2D eigenvalue weighted by molar-refractivity contribution is 5.62. The normalized spacial score (nSPS) is 10.0. The molecule has 1 aromatic carbocycles. The number of para-hydroxylation sites is 2. The van der Waals surface area contributed by atoms with E-state index in [2.05, 4.69) is 15.3 Å². The van der Waals surface area contributed by atoms with Gasteiger partial charge in [0.1, 0.15) is 5.75 Å². The highest BCUT2D eigenvalue weighted by Gasteiger charge is 2.03. The molecule has 0 atom stereocenters. The molecule has 88 valence electrons. The van der Waals surface area contributed by atoms with Crippen LogP contribution in [0.1, 0.15) is 5.56 Å². The van der Waals surface area contributed by atoms with E-state index in [0.717, 1.165) is 5.69 Å². The minimum Gasteiger partial charge on any atom is -0.495 e. The number of aromatic nitrogens is 2. The summed E-state index contributed by atoms with van der Waals surface area (Å²) in [6.45, 7) is 1.71. The molecule has 0 aliphatic rings. The maximum atomic E-state index is 11.4. The molecular formula is C12H13N3O2. The molecule has 1 aromatic heterocycles. The molecule has 0 bridgehead atoms. The van der Waals surface area contributed by atoms with E-state index >= 15 is 0 Å². The summed E-state index contributed by atoms with van der Waals surface area (Å²) in [4.78, 5) is 18.1. The Labute approximate surface area is 98.5 Å². The van der Waals surface area contributed by atoms with Gasteiger partial charge in [0.15, 0.2) is 0 Å². The van der Waals surface area contributed by atoms with Gasteiger partial charge in [0.2, 0.25) is 5.95 Å². The summed E-state index contributed by atoms with van der Waals surface area (Å²) >= 11 is 0. The number of anilines is 2. The average molecular weight is 231 g/mol. The van der Waals surface area contributed by atoms with Crippen molar-refractivity contribution in [2.75, 3.05) is 12.4 Å². The van der Waals surface area contributed by atoms with Crippen molar-refractivity contribution in [3.63, 3.8) is 0 Å². The van der Waals surface area contributed by atoms with Crippen molar-refractivity contribution < 1.29 is 4.74 Å². The molecule has 17 heavy (non-hydrogen) atoms. The maximum Gasteiger partial charge on any atom is 0.255 e. The van der Waals surface area contributed by atoms with Crippen LogP contribution in [-0.2, 0) is 0 Å². The summed E-state index contributed by atoms with van der Waals surface area (Å²) in [5.74, 6) is 1.08. The van der Waals surface area contributed by atoms with E-state index in [1.807, 2.05) is 24.3 Å². The first kappa shape index (κ1) is 11.2. The molecule has 0 unspecified atom stereocenters. The van der Waals surface area contributed by atoms with Gasteiger partial charge in [0.05, 0.1) is 12.8 Å². The monoisotopic (exact) mass is 231 g/mol. The fourth-order valence-corrected chi connectivity index (χ4v) is 1.40. The van der Waals surface area contributed by atoms with Gasteiger partial charge in [-0.05, 0) is 19.1 Å². The Morgan fingerprint density at radius 1 is 1.35 bits per heavy atom. The van der Waals surface area contributed by atoms with Gasteiger partial charge in [-0.3, -0.25) is 9.78 Å².